The van der Waals surface area contributed by atoms with E-state index in [1.54, 1.807) is 6.07 Å². The van der Waals surface area contributed by atoms with Crippen LogP contribution >= 0.6 is 0 Å². The minimum atomic E-state index is -0.572. The average molecular weight is 386 g/mol. The zero-order valence-electron chi connectivity index (χ0n) is 16.1. The van der Waals surface area contributed by atoms with Crippen LogP contribution < -0.4 is 20.5 Å². The fourth-order valence-electron chi connectivity index (χ4n) is 5.00. The number of aromatic amines is 1. The molecule has 0 bridgehead atoms. The second-order valence-electron chi connectivity index (χ2n) is 8.76. The number of rotatable bonds is 4. The molecule has 6 nitrogen and oxygen atoms in total. The molecule has 1 saturated carbocycles. The molecule has 7 heteroatoms. The number of hydrogen-bond donors (Lipinski definition) is 2. The summed E-state index contributed by atoms with van der Waals surface area (Å²) in [5.41, 5.74) is 0.272. The van der Waals surface area contributed by atoms with Crippen molar-refractivity contribution in [1.29, 1.82) is 0 Å². The summed E-state index contributed by atoms with van der Waals surface area (Å²) in [7, 11) is 0. The number of fused-ring (bicyclic) bond motifs is 1. The third-order valence-corrected chi connectivity index (χ3v) is 6.70. The van der Waals surface area contributed by atoms with Crippen LogP contribution in [0.4, 0.5) is 10.3 Å². The summed E-state index contributed by atoms with van der Waals surface area (Å²) in [5.74, 6) is 0.967. The van der Waals surface area contributed by atoms with E-state index in [9.17, 15) is 9.18 Å². The zero-order chi connectivity index (χ0) is 19.1. The molecular formula is C21H27FN4O2. The number of nitrogens with one attached hydrogen (secondary N) is 2. The van der Waals surface area contributed by atoms with Gasteiger partial charge < -0.3 is 15.0 Å². The number of hydrogen-bond acceptors (Lipinski definition) is 5. The Labute approximate surface area is 163 Å². The van der Waals surface area contributed by atoms with Crippen LogP contribution in [0, 0.1) is 17.2 Å². The van der Waals surface area contributed by atoms with Crippen molar-refractivity contribution >= 4 is 16.9 Å². The Balaban J connectivity index is 1.38. The SMILES string of the molecule is O=c1[nH]c(N2CC3(CCNCC3)C2)nc2cc(OCC3CCCC3)cc(F)c12. The smallest absolute Gasteiger partial charge is 0.263 e. The molecule has 2 aliphatic heterocycles. The van der Waals surface area contributed by atoms with Crippen LogP contribution in [0.25, 0.3) is 10.9 Å². The van der Waals surface area contributed by atoms with Crippen LogP contribution in [0.3, 0.4) is 0 Å². The number of H-pyrrole nitrogens is 1. The number of halogens is 1. The molecule has 2 N–H and O–H groups in total. The maximum Gasteiger partial charge on any atom is 0.263 e. The number of ether oxygens (including phenoxy) is 1. The Kier molecular flexibility index (Phi) is 4.50. The van der Waals surface area contributed by atoms with E-state index < -0.39 is 11.4 Å². The van der Waals surface area contributed by atoms with Crippen LogP contribution in [-0.4, -0.2) is 42.8 Å². The minimum absolute atomic E-state index is 0.00840. The van der Waals surface area contributed by atoms with Crippen LogP contribution in [-0.2, 0) is 0 Å². The van der Waals surface area contributed by atoms with Gasteiger partial charge in [0.25, 0.3) is 5.56 Å². The summed E-state index contributed by atoms with van der Waals surface area (Å²) >= 11 is 0. The van der Waals surface area contributed by atoms with E-state index in [-0.39, 0.29) is 5.39 Å². The van der Waals surface area contributed by atoms with Crippen LogP contribution in [0.5, 0.6) is 5.75 Å². The van der Waals surface area contributed by atoms with Crippen LogP contribution in [0.15, 0.2) is 16.9 Å². The lowest BCUT2D eigenvalue weighted by Crippen LogP contribution is -2.60. The van der Waals surface area contributed by atoms with Gasteiger partial charge in [0.05, 0.1) is 12.1 Å². The van der Waals surface area contributed by atoms with E-state index in [2.05, 4.69) is 20.2 Å². The van der Waals surface area contributed by atoms with Crippen LogP contribution in [0.1, 0.15) is 38.5 Å². The normalized spacial score (nSPS) is 22.0. The molecule has 2 saturated heterocycles. The molecule has 3 fully saturated rings. The van der Waals surface area contributed by atoms with Gasteiger partial charge in [0.2, 0.25) is 5.95 Å². The van der Waals surface area contributed by atoms with E-state index in [0.29, 0.717) is 35.2 Å². The van der Waals surface area contributed by atoms with Crippen LogP contribution in [0.2, 0.25) is 0 Å². The first-order valence-corrected chi connectivity index (χ1v) is 10.4. The predicted molar refractivity (Wildman–Crippen MR) is 107 cm³/mol. The number of aromatic nitrogens is 2. The lowest BCUT2D eigenvalue weighted by Gasteiger charge is -2.52. The largest absolute Gasteiger partial charge is 0.493 e. The molecule has 0 amide bonds. The molecule has 1 spiro atoms. The third-order valence-electron chi connectivity index (χ3n) is 6.70. The van der Waals surface area contributed by atoms with E-state index in [1.807, 2.05) is 0 Å². The van der Waals surface area contributed by atoms with Gasteiger partial charge in [0.1, 0.15) is 17.0 Å². The fraction of sp³-hybridized carbons (Fsp3) is 0.619. The Morgan fingerprint density at radius 1 is 1.21 bits per heavy atom. The molecule has 1 aromatic carbocycles. The molecule has 3 heterocycles. The summed E-state index contributed by atoms with van der Waals surface area (Å²) < 4.78 is 20.4. The number of piperidine rings is 1. The van der Waals surface area contributed by atoms with E-state index >= 15 is 0 Å². The van der Waals surface area contributed by atoms with Gasteiger partial charge in [-0.3, -0.25) is 9.78 Å². The maximum atomic E-state index is 14.6. The van der Waals surface area contributed by atoms with Crippen molar-refractivity contribution in [2.75, 3.05) is 37.7 Å². The Bertz CT molecular complexity index is 924. The van der Waals surface area contributed by atoms with Crippen molar-refractivity contribution in [2.24, 2.45) is 11.3 Å². The highest BCUT2D eigenvalue weighted by molar-refractivity contribution is 5.81. The molecule has 0 radical (unpaired) electrons. The first-order valence-electron chi connectivity index (χ1n) is 10.4. The van der Waals surface area contributed by atoms with Crippen molar-refractivity contribution in [3.63, 3.8) is 0 Å². The van der Waals surface area contributed by atoms with Crippen molar-refractivity contribution < 1.29 is 9.13 Å². The van der Waals surface area contributed by atoms with Gasteiger partial charge >= 0.3 is 0 Å². The van der Waals surface area contributed by atoms with Crippen molar-refractivity contribution in [3.05, 3.63) is 28.3 Å². The number of nitrogens with zero attached hydrogens (tertiary/aromatic N) is 2. The average Bonchev–Trinajstić information content (AvgIpc) is 3.18. The topological polar surface area (TPSA) is 70.2 Å². The second-order valence-corrected chi connectivity index (χ2v) is 8.76. The molecule has 0 unspecified atom stereocenters. The monoisotopic (exact) mass is 386 g/mol. The van der Waals surface area contributed by atoms with Crippen molar-refractivity contribution in [1.82, 2.24) is 15.3 Å². The minimum Gasteiger partial charge on any atom is -0.493 e. The third kappa shape index (κ3) is 3.26. The molecule has 1 aliphatic carbocycles. The standard InChI is InChI=1S/C21H27FN4O2/c22-16-9-15(28-11-14-3-1-2-4-14)10-17-18(16)19(27)25-20(24-17)26-12-21(13-26)5-7-23-8-6-21/h9-10,14,23H,1-8,11-13H2,(H,24,25,27). The van der Waals surface area contributed by atoms with Crippen molar-refractivity contribution in [3.8, 4) is 5.75 Å². The quantitative estimate of drug-likeness (QED) is 0.846. The zero-order valence-corrected chi connectivity index (χ0v) is 16.1. The molecule has 3 aliphatic rings. The Hall–Kier alpha value is -2.15. The van der Waals surface area contributed by atoms with Gasteiger partial charge in [0.15, 0.2) is 0 Å². The summed E-state index contributed by atoms with van der Waals surface area (Å²) in [6.07, 6.45) is 7.13. The molecular weight excluding hydrogens is 359 g/mol. The molecule has 28 heavy (non-hydrogen) atoms. The highest BCUT2D eigenvalue weighted by Gasteiger charge is 2.44. The van der Waals surface area contributed by atoms with Gasteiger partial charge in [-0.25, -0.2) is 9.37 Å². The Morgan fingerprint density at radius 2 is 1.96 bits per heavy atom. The Morgan fingerprint density at radius 3 is 2.71 bits per heavy atom. The van der Waals surface area contributed by atoms with Gasteiger partial charge in [0, 0.05) is 30.6 Å². The van der Waals surface area contributed by atoms with Gasteiger partial charge in [-0.1, -0.05) is 12.8 Å². The fourth-order valence-corrected chi connectivity index (χ4v) is 5.00. The molecule has 2 aromatic rings. The molecule has 150 valence electrons. The highest BCUT2D eigenvalue weighted by atomic mass is 19.1. The first kappa shape index (κ1) is 17.9. The highest BCUT2D eigenvalue weighted by Crippen LogP contribution is 2.40. The number of benzene rings is 1. The number of anilines is 1. The van der Waals surface area contributed by atoms with Gasteiger partial charge in [-0.15, -0.1) is 0 Å². The second kappa shape index (κ2) is 7.03. The lowest BCUT2D eigenvalue weighted by molar-refractivity contribution is 0.148. The van der Waals surface area contributed by atoms with Gasteiger partial charge in [-0.05, 0) is 44.7 Å². The predicted octanol–water partition coefficient (Wildman–Crippen LogP) is 2.82. The lowest BCUT2D eigenvalue weighted by atomic mass is 9.72. The van der Waals surface area contributed by atoms with Crippen molar-refractivity contribution in [2.45, 2.75) is 38.5 Å². The maximum absolute atomic E-state index is 14.6. The van der Waals surface area contributed by atoms with Gasteiger partial charge in [-0.2, -0.15) is 0 Å². The summed E-state index contributed by atoms with van der Waals surface area (Å²) in [6.45, 7) is 4.47. The molecule has 1 aromatic heterocycles. The molecule has 0 atom stereocenters. The summed E-state index contributed by atoms with van der Waals surface area (Å²) in [4.78, 5) is 21.9. The van der Waals surface area contributed by atoms with E-state index in [4.69, 9.17) is 4.74 Å². The molecule has 5 rings (SSSR count). The summed E-state index contributed by atoms with van der Waals surface area (Å²) in [6, 6.07) is 3.01. The van der Waals surface area contributed by atoms with E-state index in [0.717, 1.165) is 39.0 Å². The van der Waals surface area contributed by atoms with E-state index in [1.165, 1.54) is 31.7 Å². The summed E-state index contributed by atoms with van der Waals surface area (Å²) in [5, 5.41) is 3.40. The first-order chi connectivity index (χ1) is 13.6.